The van der Waals surface area contributed by atoms with Crippen LogP contribution in [0.5, 0.6) is 0 Å². The number of aliphatic hydroxyl groups is 1. The van der Waals surface area contributed by atoms with Crippen molar-refractivity contribution in [2.45, 2.75) is 127 Å². The number of imidazole rings is 1. The number of aliphatic hydroxyl groups excluding tert-OH is 1. The second-order valence-corrected chi connectivity index (χ2v) is 18.2. The molecular formula is C38H58N6O6S. The maximum Gasteiger partial charge on any atom is 0.224 e. The predicted molar refractivity (Wildman–Crippen MR) is 196 cm³/mol. The van der Waals surface area contributed by atoms with E-state index in [4.69, 9.17) is 5.73 Å². The fourth-order valence-corrected chi connectivity index (χ4v) is 9.70. The van der Waals surface area contributed by atoms with Gasteiger partial charge in [0.05, 0.1) is 48.0 Å². The van der Waals surface area contributed by atoms with Gasteiger partial charge in [-0.05, 0) is 44.1 Å². The lowest BCUT2D eigenvalue weighted by Crippen LogP contribution is -2.82. The number of nitrogens with two attached hydrogens (primary N) is 1. The van der Waals surface area contributed by atoms with Crippen molar-refractivity contribution in [1.82, 2.24) is 25.1 Å². The van der Waals surface area contributed by atoms with Crippen molar-refractivity contribution >= 4 is 27.4 Å². The minimum atomic E-state index is -3.53. The number of nitrogens with zero attached hydrogens (tertiary/aromatic N) is 3. The molecule has 3 aliphatic heterocycles. The van der Waals surface area contributed by atoms with E-state index in [-0.39, 0.29) is 36.2 Å². The minimum absolute atomic E-state index is 0.0820. The van der Waals surface area contributed by atoms with Crippen molar-refractivity contribution in [2.75, 3.05) is 18.8 Å². The molecule has 4 heterocycles. The Morgan fingerprint density at radius 2 is 1.80 bits per heavy atom. The molecule has 3 saturated heterocycles. The summed E-state index contributed by atoms with van der Waals surface area (Å²) in [4.78, 5) is 48.8. The van der Waals surface area contributed by atoms with Crippen LogP contribution in [0.15, 0.2) is 42.9 Å². The Kier molecular flexibility index (Phi) is 12.8. The standard InChI is InChI=1S/C38H58N6O6S/c1-5-30(45)19-33(46)42-36-34(43-17-16-38(36,39)31(22-43)28-14-10-7-11-15-28)35(47)32(41-37(48)26(4)23-51(49,50)25(2)3)18-29-20-40-24-44(29)21-27-12-8-6-9-13-27/h6,8-9,12-13,20,24-26,28,30-32,34,36,45H,5,7,10-11,14-19,21-23,39H2,1-4H3,(H,41,48)(H,42,46)/t26-,30?,31?,32+,34?,36+,38+/m1/s1. The van der Waals surface area contributed by atoms with E-state index >= 15 is 4.79 Å². The van der Waals surface area contributed by atoms with Crippen LogP contribution >= 0.6 is 0 Å². The first-order valence-electron chi connectivity index (χ1n) is 18.8. The van der Waals surface area contributed by atoms with Crippen molar-refractivity contribution in [3.8, 4) is 0 Å². The van der Waals surface area contributed by atoms with E-state index in [1.807, 2.05) is 41.8 Å². The number of amides is 2. The van der Waals surface area contributed by atoms with E-state index in [1.54, 1.807) is 33.3 Å². The van der Waals surface area contributed by atoms with Gasteiger partial charge in [-0.3, -0.25) is 19.3 Å². The van der Waals surface area contributed by atoms with Crippen molar-refractivity contribution in [3.63, 3.8) is 0 Å². The normalized spacial score (nSPS) is 27.1. The molecule has 6 rings (SSSR count). The highest BCUT2D eigenvalue weighted by atomic mass is 32.2. The first-order chi connectivity index (χ1) is 24.2. The van der Waals surface area contributed by atoms with E-state index in [0.29, 0.717) is 38.4 Å². The Hall–Kier alpha value is -3.13. The number of Topliss-reactive ketones (excluding diaryl/α,β-unsaturated/α-hetero) is 1. The fraction of sp³-hybridized carbons (Fsp3) is 0.684. The molecule has 282 valence electrons. The smallest absolute Gasteiger partial charge is 0.224 e. The number of nitrogens with one attached hydrogen (secondary N) is 2. The molecule has 1 saturated carbocycles. The first-order valence-corrected chi connectivity index (χ1v) is 20.5. The number of rotatable bonds is 16. The van der Waals surface area contributed by atoms with Crippen LogP contribution in [0.4, 0.5) is 0 Å². The summed E-state index contributed by atoms with van der Waals surface area (Å²) < 4.78 is 27.5. The van der Waals surface area contributed by atoms with Gasteiger partial charge < -0.3 is 26.0 Å². The number of sulfone groups is 1. The Balaban J connectivity index is 1.48. The van der Waals surface area contributed by atoms with Gasteiger partial charge in [0, 0.05) is 49.4 Å². The van der Waals surface area contributed by atoms with Gasteiger partial charge >= 0.3 is 0 Å². The quantitative estimate of drug-likeness (QED) is 0.203. The highest BCUT2D eigenvalue weighted by Crippen LogP contribution is 2.46. The predicted octanol–water partition coefficient (Wildman–Crippen LogP) is 2.61. The van der Waals surface area contributed by atoms with Crippen molar-refractivity contribution in [1.29, 1.82) is 0 Å². The van der Waals surface area contributed by atoms with Crippen LogP contribution in [0.3, 0.4) is 0 Å². The van der Waals surface area contributed by atoms with Gasteiger partial charge in [-0.25, -0.2) is 13.4 Å². The van der Waals surface area contributed by atoms with Gasteiger partial charge in [-0.2, -0.15) is 0 Å². The van der Waals surface area contributed by atoms with Crippen LogP contribution in [0, 0.1) is 17.8 Å². The molecule has 51 heavy (non-hydrogen) atoms. The summed E-state index contributed by atoms with van der Waals surface area (Å²) >= 11 is 0. The molecule has 12 nitrogen and oxygen atoms in total. The van der Waals surface area contributed by atoms with Gasteiger partial charge in [0.25, 0.3) is 0 Å². The molecule has 8 atom stereocenters. The number of benzene rings is 1. The summed E-state index contributed by atoms with van der Waals surface area (Å²) in [5, 5.41) is 15.8. The molecule has 4 aliphatic rings. The zero-order valence-electron chi connectivity index (χ0n) is 30.7. The van der Waals surface area contributed by atoms with Gasteiger partial charge in [0.2, 0.25) is 11.8 Å². The molecule has 2 bridgehead atoms. The van der Waals surface area contributed by atoms with E-state index in [1.165, 1.54) is 6.42 Å². The van der Waals surface area contributed by atoms with Crippen molar-refractivity contribution in [2.24, 2.45) is 23.5 Å². The van der Waals surface area contributed by atoms with Crippen molar-refractivity contribution < 1.29 is 27.9 Å². The average Bonchev–Trinajstić information content (AvgIpc) is 3.54. The molecule has 4 fully saturated rings. The number of hydrogen-bond donors (Lipinski definition) is 4. The molecule has 2 aromatic rings. The summed E-state index contributed by atoms with van der Waals surface area (Å²) in [6, 6.07) is 7.25. The Morgan fingerprint density at radius 3 is 2.47 bits per heavy atom. The zero-order valence-corrected chi connectivity index (χ0v) is 31.5. The monoisotopic (exact) mass is 726 g/mol. The maximum atomic E-state index is 15.1. The van der Waals surface area contributed by atoms with Gasteiger partial charge in [0.1, 0.15) is 0 Å². The molecule has 4 unspecified atom stereocenters. The van der Waals surface area contributed by atoms with Gasteiger partial charge in [-0.1, -0.05) is 76.3 Å². The van der Waals surface area contributed by atoms with Gasteiger partial charge in [0.15, 0.2) is 15.6 Å². The van der Waals surface area contributed by atoms with E-state index in [2.05, 4.69) is 20.5 Å². The van der Waals surface area contributed by atoms with Crippen LogP contribution in [-0.4, -0.2) is 99.4 Å². The third-order valence-electron chi connectivity index (χ3n) is 11.7. The minimum Gasteiger partial charge on any atom is -0.393 e. The van der Waals surface area contributed by atoms with E-state index in [0.717, 1.165) is 36.9 Å². The summed E-state index contributed by atoms with van der Waals surface area (Å²) in [5.74, 6) is -1.94. The van der Waals surface area contributed by atoms with Crippen LogP contribution < -0.4 is 16.4 Å². The van der Waals surface area contributed by atoms with Crippen LogP contribution in [0.1, 0.15) is 90.3 Å². The zero-order chi connectivity index (χ0) is 36.9. The third-order valence-corrected chi connectivity index (χ3v) is 14.1. The SMILES string of the molecule is CCC(O)CC(=O)N[C@H]1C(C(=O)[C@H](Cc2cncn2Cc2ccccc2)NC(=O)[C@H](C)CS(=O)(=O)C(C)C)N2CC[C@]1(N)C(C1CCCCC1)C2. The van der Waals surface area contributed by atoms with Crippen LogP contribution in [-0.2, 0) is 37.2 Å². The molecule has 0 spiro atoms. The van der Waals surface area contributed by atoms with E-state index in [9.17, 15) is 23.1 Å². The lowest BCUT2D eigenvalue weighted by Gasteiger charge is -2.62. The topological polar surface area (TPSA) is 177 Å². The molecule has 1 aliphatic carbocycles. The molecular weight excluding hydrogens is 669 g/mol. The molecule has 5 N–H and O–H groups in total. The maximum absolute atomic E-state index is 15.1. The van der Waals surface area contributed by atoms with E-state index < -0.39 is 56.7 Å². The number of carbonyl (C=O) groups excluding carboxylic acids is 3. The number of ketones is 1. The molecule has 2 amide bonds. The fourth-order valence-electron chi connectivity index (χ4n) is 8.46. The highest BCUT2D eigenvalue weighted by Gasteiger charge is 2.60. The lowest BCUT2D eigenvalue weighted by atomic mass is 9.59. The second kappa shape index (κ2) is 16.7. The number of fused-ring (bicyclic) bond motifs is 3. The summed E-state index contributed by atoms with van der Waals surface area (Å²) in [6.07, 6.45) is 9.20. The first kappa shape index (κ1) is 39.1. The molecule has 1 aromatic heterocycles. The largest absolute Gasteiger partial charge is 0.393 e. The number of aromatic nitrogens is 2. The number of carbonyl (C=O) groups is 3. The Morgan fingerprint density at radius 1 is 1.10 bits per heavy atom. The number of piperidine rings is 3. The van der Waals surface area contributed by atoms with Crippen LogP contribution in [0.2, 0.25) is 0 Å². The molecule has 13 heteroatoms. The van der Waals surface area contributed by atoms with Crippen LogP contribution in [0.25, 0.3) is 0 Å². The summed E-state index contributed by atoms with van der Waals surface area (Å²) in [6.45, 7) is 8.26. The Labute approximate surface area is 303 Å². The van der Waals surface area contributed by atoms with Crippen molar-refractivity contribution in [3.05, 3.63) is 54.1 Å². The summed E-state index contributed by atoms with van der Waals surface area (Å²) in [7, 11) is -3.53. The molecule has 1 aromatic carbocycles. The summed E-state index contributed by atoms with van der Waals surface area (Å²) in [5.41, 5.74) is 8.34. The average molecular weight is 727 g/mol. The highest BCUT2D eigenvalue weighted by molar-refractivity contribution is 7.92. The number of hydrogen-bond acceptors (Lipinski definition) is 9. The second-order valence-electron chi connectivity index (χ2n) is 15.6. The third kappa shape index (κ3) is 9.09. The lowest BCUT2D eigenvalue weighted by molar-refractivity contribution is -0.145. The Bertz CT molecular complexity index is 1610. The van der Waals surface area contributed by atoms with Gasteiger partial charge in [-0.15, -0.1) is 0 Å². The molecule has 0 radical (unpaired) electrons.